The standard InChI is InChI=1S/C9H12O4/c1-5-6(2)13-9(12-4)8(11-3)7(5)10/h1-4H3. The molecule has 0 N–H and O–H groups in total. The molecule has 0 aromatic carbocycles. The molecule has 1 heterocycles. The quantitative estimate of drug-likeness (QED) is 0.694. The van der Waals surface area contributed by atoms with E-state index >= 15 is 0 Å². The molecule has 72 valence electrons. The summed E-state index contributed by atoms with van der Waals surface area (Å²) in [6, 6.07) is 0. The summed E-state index contributed by atoms with van der Waals surface area (Å²) in [7, 11) is 2.83. The fourth-order valence-corrected chi connectivity index (χ4v) is 0.995. The lowest BCUT2D eigenvalue weighted by Gasteiger charge is -2.07. The van der Waals surface area contributed by atoms with Gasteiger partial charge in [0.25, 0.3) is 0 Å². The van der Waals surface area contributed by atoms with Crippen LogP contribution in [0.4, 0.5) is 0 Å². The molecule has 0 fully saturated rings. The minimum Gasteiger partial charge on any atom is -0.487 e. The normalized spacial score (nSPS) is 9.85. The van der Waals surface area contributed by atoms with Crippen LogP contribution in [0.1, 0.15) is 11.3 Å². The van der Waals surface area contributed by atoms with Gasteiger partial charge in [0.1, 0.15) is 5.76 Å². The van der Waals surface area contributed by atoms with Crippen LogP contribution in [0.2, 0.25) is 0 Å². The highest BCUT2D eigenvalue weighted by molar-refractivity contribution is 5.35. The van der Waals surface area contributed by atoms with E-state index in [9.17, 15) is 4.79 Å². The highest BCUT2D eigenvalue weighted by Crippen LogP contribution is 2.24. The number of methoxy groups -OCH3 is 2. The lowest BCUT2D eigenvalue weighted by molar-refractivity contribution is 0.256. The van der Waals surface area contributed by atoms with Crippen LogP contribution in [0, 0.1) is 13.8 Å². The first kappa shape index (κ1) is 9.64. The summed E-state index contributed by atoms with van der Waals surface area (Å²) in [4.78, 5) is 11.5. The summed E-state index contributed by atoms with van der Waals surface area (Å²) >= 11 is 0. The summed E-state index contributed by atoms with van der Waals surface area (Å²) in [5.74, 6) is 0.781. The van der Waals surface area contributed by atoms with E-state index in [2.05, 4.69) is 0 Å². The van der Waals surface area contributed by atoms with Gasteiger partial charge in [0.05, 0.1) is 14.2 Å². The average molecular weight is 184 g/mol. The molecule has 0 atom stereocenters. The van der Waals surface area contributed by atoms with Crippen molar-refractivity contribution in [2.75, 3.05) is 14.2 Å². The van der Waals surface area contributed by atoms with Crippen molar-refractivity contribution in [3.8, 4) is 11.7 Å². The first-order valence-electron chi connectivity index (χ1n) is 3.84. The summed E-state index contributed by atoms with van der Waals surface area (Å²) in [6.07, 6.45) is 0. The van der Waals surface area contributed by atoms with Crippen LogP contribution in [0.5, 0.6) is 11.7 Å². The van der Waals surface area contributed by atoms with Gasteiger partial charge in [0.2, 0.25) is 11.2 Å². The van der Waals surface area contributed by atoms with E-state index in [1.165, 1.54) is 14.2 Å². The van der Waals surface area contributed by atoms with Crippen molar-refractivity contribution in [3.05, 3.63) is 21.5 Å². The Morgan fingerprint density at radius 2 is 1.77 bits per heavy atom. The molecule has 13 heavy (non-hydrogen) atoms. The van der Waals surface area contributed by atoms with Gasteiger partial charge in [-0.05, 0) is 13.8 Å². The first-order valence-corrected chi connectivity index (χ1v) is 3.84. The Labute approximate surface area is 76.1 Å². The minimum absolute atomic E-state index is 0.116. The molecule has 0 radical (unpaired) electrons. The van der Waals surface area contributed by atoms with Crippen molar-refractivity contribution in [2.45, 2.75) is 13.8 Å². The van der Waals surface area contributed by atoms with Gasteiger partial charge in [0, 0.05) is 5.56 Å². The summed E-state index contributed by atoms with van der Waals surface area (Å²) in [6.45, 7) is 3.39. The Bertz CT molecular complexity index is 365. The van der Waals surface area contributed by atoms with E-state index < -0.39 is 0 Å². The third kappa shape index (κ3) is 1.52. The van der Waals surface area contributed by atoms with Crippen molar-refractivity contribution >= 4 is 0 Å². The van der Waals surface area contributed by atoms with E-state index in [4.69, 9.17) is 13.9 Å². The molecule has 0 spiro atoms. The van der Waals surface area contributed by atoms with E-state index in [1.54, 1.807) is 13.8 Å². The van der Waals surface area contributed by atoms with Gasteiger partial charge < -0.3 is 13.9 Å². The van der Waals surface area contributed by atoms with Crippen LogP contribution in [-0.4, -0.2) is 14.2 Å². The highest BCUT2D eigenvalue weighted by Gasteiger charge is 2.15. The zero-order valence-corrected chi connectivity index (χ0v) is 8.13. The zero-order chi connectivity index (χ0) is 10.0. The largest absolute Gasteiger partial charge is 0.487 e. The van der Waals surface area contributed by atoms with Crippen LogP contribution in [-0.2, 0) is 0 Å². The average Bonchev–Trinajstić information content (AvgIpc) is 2.13. The topological polar surface area (TPSA) is 48.7 Å². The predicted molar refractivity (Wildman–Crippen MR) is 47.6 cm³/mol. The second-order valence-electron chi connectivity index (χ2n) is 2.64. The predicted octanol–water partition coefficient (Wildman–Crippen LogP) is 1.27. The Hall–Kier alpha value is -1.45. The maximum Gasteiger partial charge on any atom is 0.332 e. The second-order valence-corrected chi connectivity index (χ2v) is 2.64. The van der Waals surface area contributed by atoms with E-state index in [0.717, 1.165) is 0 Å². The van der Waals surface area contributed by atoms with Crippen LogP contribution >= 0.6 is 0 Å². The number of rotatable bonds is 2. The van der Waals surface area contributed by atoms with Crippen molar-refractivity contribution in [1.82, 2.24) is 0 Å². The Morgan fingerprint density at radius 1 is 1.15 bits per heavy atom. The molecule has 0 aliphatic rings. The second kappa shape index (κ2) is 3.51. The monoisotopic (exact) mass is 184 g/mol. The molecule has 0 saturated heterocycles. The molecule has 0 saturated carbocycles. The van der Waals surface area contributed by atoms with Gasteiger partial charge in [-0.2, -0.15) is 0 Å². The SMILES string of the molecule is COc1oc(C)c(C)c(=O)c1OC. The van der Waals surface area contributed by atoms with Crippen LogP contribution in [0.25, 0.3) is 0 Å². The summed E-state index contributed by atoms with van der Waals surface area (Å²) in [5, 5.41) is 0. The highest BCUT2D eigenvalue weighted by atomic mass is 16.6. The number of hydrogen-bond acceptors (Lipinski definition) is 4. The molecule has 1 aromatic heterocycles. The van der Waals surface area contributed by atoms with Gasteiger partial charge in [-0.25, -0.2) is 0 Å². The maximum atomic E-state index is 11.5. The van der Waals surface area contributed by atoms with Gasteiger partial charge in [-0.3, -0.25) is 4.79 Å². The molecule has 1 rings (SSSR count). The van der Waals surface area contributed by atoms with Crippen molar-refractivity contribution in [2.24, 2.45) is 0 Å². The molecule has 0 unspecified atom stereocenters. The van der Waals surface area contributed by atoms with E-state index in [-0.39, 0.29) is 17.1 Å². The van der Waals surface area contributed by atoms with Gasteiger partial charge in [-0.15, -0.1) is 0 Å². The minimum atomic E-state index is -0.192. The summed E-state index contributed by atoms with van der Waals surface area (Å²) < 4.78 is 14.9. The lowest BCUT2D eigenvalue weighted by Crippen LogP contribution is -2.11. The number of ether oxygens (including phenoxy) is 2. The van der Waals surface area contributed by atoms with E-state index in [1.807, 2.05) is 0 Å². The van der Waals surface area contributed by atoms with Crippen molar-refractivity contribution < 1.29 is 13.9 Å². The molecular weight excluding hydrogens is 172 g/mol. The van der Waals surface area contributed by atoms with Crippen LogP contribution in [0.3, 0.4) is 0 Å². The fraction of sp³-hybridized carbons (Fsp3) is 0.444. The van der Waals surface area contributed by atoms with Gasteiger partial charge in [0.15, 0.2) is 0 Å². The first-order chi connectivity index (χ1) is 6.11. The van der Waals surface area contributed by atoms with Gasteiger partial charge >= 0.3 is 5.95 Å². The summed E-state index contributed by atoms with van der Waals surface area (Å²) in [5.41, 5.74) is 0.348. The molecule has 4 nitrogen and oxygen atoms in total. The molecule has 0 bridgehead atoms. The zero-order valence-electron chi connectivity index (χ0n) is 8.13. The van der Waals surface area contributed by atoms with Crippen molar-refractivity contribution in [3.63, 3.8) is 0 Å². The number of aryl methyl sites for hydroxylation is 1. The Kier molecular flexibility index (Phi) is 2.60. The fourth-order valence-electron chi connectivity index (χ4n) is 0.995. The van der Waals surface area contributed by atoms with Crippen LogP contribution < -0.4 is 14.9 Å². The van der Waals surface area contributed by atoms with Crippen molar-refractivity contribution in [1.29, 1.82) is 0 Å². The maximum absolute atomic E-state index is 11.5. The molecule has 0 aliphatic heterocycles. The smallest absolute Gasteiger partial charge is 0.332 e. The molecule has 1 aromatic rings. The molecular formula is C9H12O4. The lowest BCUT2D eigenvalue weighted by atomic mass is 10.2. The number of hydrogen-bond donors (Lipinski definition) is 0. The van der Waals surface area contributed by atoms with Crippen LogP contribution in [0.15, 0.2) is 9.21 Å². The third-order valence-corrected chi connectivity index (χ3v) is 1.90. The Morgan fingerprint density at radius 3 is 2.23 bits per heavy atom. The van der Waals surface area contributed by atoms with E-state index in [0.29, 0.717) is 11.3 Å². The van der Waals surface area contributed by atoms with Gasteiger partial charge in [-0.1, -0.05) is 0 Å². The Balaban J connectivity index is 3.48. The molecule has 0 aliphatic carbocycles. The molecule has 4 heteroatoms. The molecule has 0 amide bonds. The third-order valence-electron chi connectivity index (χ3n) is 1.90.